The second-order valence-corrected chi connectivity index (χ2v) is 5.59. The van der Waals surface area contributed by atoms with E-state index in [1.807, 2.05) is 40.9 Å². The van der Waals surface area contributed by atoms with Crippen LogP contribution < -0.4 is 0 Å². The van der Waals surface area contributed by atoms with Crippen molar-refractivity contribution < 1.29 is 14.6 Å². The molecule has 2 heterocycles. The Hall–Kier alpha value is -1.92. The number of fused-ring (bicyclic) bond motifs is 1. The molecule has 6 heteroatoms. The number of aliphatic hydroxyl groups is 1. The lowest BCUT2D eigenvalue weighted by atomic mass is 10.1. The topological polar surface area (TPSA) is 67.6 Å². The van der Waals surface area contributed by atoms with Gasteiger partial charge in [-0.15, -0.1) is 0 Å². The van der Waals surface area contributed by atoms with Gasteiger partial charge in [-0.2, -0.15) is 5.10 Å². The zero-order valence-corrected chi connectivity index (χ0v) is 12.7. The van der Waals surface area contributed by atoms with Gasteiger partial charge in [0, 0.05) is 25.6 Å². The molecule has 3 rings (SSSR count). The number of carbonyl (C=O) groups excluding carboxylic acids is 1. The molecule has 1 atom stereocenters. The molecular weight excluding hydrogens is 282 g/mol. The number of nitrogens with zero attached hydrogens (tertiary/aromatic N) is 3. The molecule has 1 aliphatic heterocycles. The van der Waals surface area contributed by atoms with E-state index in [1.54, 1.807) is 0 Å². The molecule has 0 saturated carbocycles. The molecule has 22 heavy (non-hydrogen) atoms. The Labute approximate surface area is 129 Å². The van der Waals surface area contributed by atoms with E-state index in [9.17, 15) is 4.79 Å². The molecule has 0 bridgehead atoms. The van der Waals surface area contributed by atoms with Gasteiger partial charge in [0.15, 0.2) is 0 Å². The molecule has 1 fully saturated rings. The standard InChI is InChI=1S/C16H21N3O3/c1-18-15-5-3-2-4-13(15)14(17-18)10-16(21)19-7-9-22-11-12(19)6-8-20/h2-5,12,20H,6-11H2,1H3. The van der Waals surface area contributed by atoms with Crippen molar-refractivity contribution in [3.63, 3.8) is 0 Å². The fourth-order valence-electron chi connectivity index (χ4n) is 3.04. The molecule has 1 saturated heterocycles. The first-order valence-corrected chi connectivity index (χ1v) is 7.59. The maximum atomic E-state index is 12.6. The molecule has 1 amide bonds. The lowest BCUT2D eigenvalue weighted by Gasteiger charge is -2.35. The summed E-state index contributed by atoms with van der Waals surface area (Å²) in [7, 11) is 1.89. The number of carbonyl (C=O) groups is 1. The number of amides is 1. The Bertz CT molecular complexity index is 666. The summed E-state index contributed by atoms with van der Waals surface area (Å²) in [5.74, 6) is 0.0469. The predicted octanol–water partition coefficient (Wildman–Crippen LogP) is 0.726. The molecule has 0 aliphatic carbocycles. The quantitative estimate of drug-likeness (QED) is 0.904. The van der Waals surface area contributed by atoms with Gasteiger partial charge in [-0.25, -0.2) is 0 Å². The minimum Gasteiger partial charge on any atom is -0.396 e. The van der Waals surface area contributed by atoms with Gasteiger partial charge in [-0.05, 0) is 12.5 Å². The zero-order valence-electron chi connectivity index (χ0n) is 12.7. The first kappa shape index (κ1) is 15.0. The molecule has 6 nitrogen and oxygen atoms in total. The number of morpholine rings is 1. The second kappa shape index (κ2) is 6.46. The zero-order chi connectivity index (χ0) is 15.5. The van der Waals surface area contributed by atoms with Crippen LogP contribution >= 0.6 is 0 Å². The van der Waals surface area contributed by atoms with Crippen molar-refractivity contribution in [3.05, 3.63) is 30.0 Å². The summed E-state index contributed by atoms with van der Waals surface area (Å²) in [5.41, 5.74) is 1.83. The summed E-state index contributed by atoms with van der Waals surface area (Å²) in [6.45, 7) is 1.69. The summed E-state index contributed by atoms with van der Waals surface area (Å²) in [6, 6.07) is 7.88. The summed E-state index contributed by atoms with van der Waals surface area (Å²) >= 11 is 0. The van der Waals surface area contributed by atoms with Crippen LogP contribution in [0.15, 0.2) is 24.3 Å². The lowest BCUT2D eigenvalue weighted by Crippen LogP contribution is -2.49. The third-order valence-electron chi connectivity index (χ3n) is 4.16. The molecule has 0 spiro atoms. The second-order valence-electron chi connectivity index (χ2n) is 5.59. The molecule has 118 valence electrons. The summed E-state index contributed by atoms with van der Waals surface area (Å²) in [5, 5.41) is 14.6. The third-order valence-corrected chi connectivity index (χ3v) is 4.16. The number of rotatable bonds is 4. The fraction of sp³-hybridized carbons (Fsp3) is 0.500. The maximum Gasteiger partial charge on any atom is 0.229 e. The summed E-state index contributed by atoms with van der Waals surface area (Å²) in [6.07, 6.45) is 0.831. The fourth-order valence-corrected chi connectivity index (χ4v) is 3.04. The van der Waals surface area contributed by atoms with Crippen molar-refractivity contribution in [3.8, 4) is 0 Å². The van der Waals surface area contributed by atoms with Crippen LogP contribution in [-0.2, 0) is 23.0 Å². The number of aromatic nitrogens is 2. The molecule has 2 aromatic rings. The van der Waals surface area contributed by atoms with Gasteiger partial charge in [0.05, 0.1) is 36.9 Å². The lowest BCUT2D eigenvalue weighted by molar-refractivity contribution is -0.139. The monoisotopic (exact) mass is 303 g/mol. The van der Waals surface area contributed by atoms with Gasteiger partial charge in [-0.3, -0.25) is 9.48 Å². The van der Waals surface area contributed by atoms with Crippen LogP contribution in [0.1, 0.15) is 12.1 Å². The molecular formula is C16H21N3O3. The van der Waals surface area contributed by atoms with Gasteiger partial charge < -0.3 is 14.7 Å². The molecule has 1 N–H and O–H groups in total. The van der Waals surface area contributed by atoms with Gasteiger partial charge in [-0.1, -0.05) is 18.2 Å². The highest BCUT2D eigenvalue weighted by Gasteiger charge is 2.27. The van der Waals surface area contributed by atoms with Crippen LogP contribution in [0.4, 0.5) is 0 Å². The van der Waals surface area contributed by atoms with Crippen LogP contribution in [-0.4, -0.2) is 58.1 Å². The van der Waals surface area contributed by atoms with Gasteiger partial charge >= 0.3 is 0 Å². The van der Waals surface area contributed by atoms with Crippen molar-refractivity contribution in [2.24, 2.45) is 7.05 Å². The molecule has 1 aromatic heterocycles. The Morgan fingerprint density at radius 1 is 1.45 bits per heavy atom. The van der Waals surface area contributed by atoms with E-state index in [0.717, 1.165) is 16.6 Å². The molecule has 1 aromatic carbocycles. The Balaban J connectivity index is 1.80. The van der Waals surface area contributed by atoms with Crippen molar-refractivity contribution in [2.45, 2.75) is 18.9 Å². The normalized spacial score (nSPS) is 18.8. The number of hydrogen-bond acceptors (Lipinski definition) is 4. The molecule has 1 unspecified atom stereocenters. The number of para-hydroxylation sites is 1. The minimum atomic E-state index is -0.0405. The minimum absolute atomic E-state index is 0.0405. The average Bonchev–Trinajstić information content (AvgIpc) is 2.85. The van der Waals surface area contributed by atoms with Gasteiger partial charge in [0.25, 0.3) is 0 Å². The number of benzene rings is 1. The average molecular weight is 303 g/mol. The van der Waals surface area contributed by atoms with Crippen molar-refractivity contribution >= 4 is 16.8 Å². The number of ether oxygens (including phenoxy) is 1. The van der Waals surface area contributed by atoms with E-state index in [-0.39, 0.29) is 25.0 Å². The summed E-state index contributed by atoms with van der Waals surface area (Å²) in [4.78, 5) is 14.5. The highest BCUT2D eigenvalue weighted by molar-refractivity contribution is 5.87. The number of aryl methyl sites for hydroxylation is 1. The Kier molecular flexibility index (Phi) is 4.40. The first-order valence-electron chi connectivity index (χ1n) is 7.59. The van der Waals surface area contributed by atoms with E-state index >= 15 is 0 Å². The molecule has 1 aliphatic rings. The molecule has 0 radical (unpaired) electrons. The van der Waals surface area contributed by atoms with E-state index < -0.39 is 0 Å². The predicted molar refractivity (Wildman–Crippen MR) is 82.4 cm³/mol. The third kappa shape index (κ3) is 2.84. The van der Waals surface area contributed by atoms with Crippen LogP contribution in [0, 0.1) is 0 Å². The largest absolute Gasteiger partial charge is 0.396 e. The van der Waals surface area contributed by atoms with Crippen molar-refractivity contribution in [2.75, 3.05) is 26.4 Å². The van der Waals surface area contributed by atoms with Crippen molar-refractivity contribution in [1.29, 1.82) is 0 Å². The number of hydrogen-bond donors (Lipinski definition) is 1. The van der Waals surface area contributed by atoms with E-state index in [1.165, 1.54) is 0 Å². The highest BCUT2D eigenvalue weighted by Crippen LogP contribution is 2.19. The van der Waals surface area contributed by atoms with Gasteiger partial charge in [0.1, 0.15) is 0 Å². The van der Waals surface area contributed by atoms with Crippen LogP contribution in [0.5, 0.6) is 0 Å². The first-order chi connectivity index (χ1) is 10.7. The van der Waals surface area contributed by atoms with E-state index in [0.29, 0.717) is 26.2 Å². The Morgan fingerprint density at radius 3 is 3.09 bits per heavy atom. The Morgan fingerprint density at radius 2 is 2.27 bits per heavy atom. The van der Waals surface area contributed by atoms with Crippen LogP contribution in [0.2, 0.25) is 0 Å². The maximum absolute atomic E-state index is 12.6. The smallest absolute Gasteiger partial charge is 0.229 e. The van der Waals surface area contributed by atoms with Crippen LogP contribution in [0.3, 0.4) is 0 Å². The van der Waals surface area contributed by atoms with Gasteiger partial charge in [0.2, 0.25) is 5.91 Å². The summed E-state index contributed by atoms with van der Waals surface area (Å²) < 4.78 is 7.22. The van der Waals surface area contributed by atoms with E-state index in [2.05, 4.69) is 5.10 Å². The van der Waals surface area contributed by atoms with Crippen LogP contribution in [0.25, 0.3) is 10.9 Å². The number of aliphatic hydroxyl groups excluding tert-OH is 1. The SMILES string of the molecule is Cn1nc(CC(=O)N2CCOCC2CCO)c2ccccc21. The highest BCUT2D eigenvalue weighted by atomic mass is 16.5. The van der Waals surface area contributed by atoms with Crippen molar-refractivity contribution in [1.82, 2.24) is 14.7 Å². The van der Waals surface area contributed by atoms with E-state index in [4.69, 9.17) is 9.84 Å².